The highest BCUT2D eigenvalue weighted by molar-refractivity contribution is 5.29. The molecule has 1 fully saturated rings. The third-order valence-electron chi connectivity index (χ3n) is 4.88. The van der Waals surface area contributed by atoms with Crippen LogP contribution in [0.3, 0.4) is 0 Å². The van der Waals surface area contributed by atoms with E-state index in [-0.39, 0.29) is 11.5 Å². The zero-order valence-corrected chi connectivity index (χ0v) is 12.1. The summed E-state index contributed by atoms with van der Waals surface area (Å²) in [6, 6.07) is 10.9. The maximum absolute atomic E-state index is 6.65. The summed E-state index contributed by atoms with van der Waals surface area (Å²) in [6.07, 6.45) is 9.65. The van der Waals surface area contributed by atoms with Gasteiger partial charge in [0.25, 0.3) is 0 Å². The average molecular weight is 269 g/mol. The first-order valence-corrected chi connectivity index (χ1v) is 7.50. The number of hydrogen-bond donors (Lipinski definition) is 1. The van der Waals surface area contributed by atoms with Gasteiger partial charge in [0.15, 0.2) is 0 Å². The normalized spacial score (nSPS) is 19.1. The van der Waals surface area contributed by atoms with E-state index in [2.05, 4.69) is 39.9 Å². The van der Waals surface area contributed by atoms with Crippen LogP contribution in [-0.2, 0) is 18.9 Å². The molecule has 1 aromatic carbocycles. The van der Waals surface area contributed by atoms with Crippen molar-refractivity contribution in [2.45, 2.75) is 43.6 Å². The van der Waals surface area contributed by atoms with Crippen LogP contribution in [-0.4, -0.2) is 15.6 Å². The summed E-state index contributed by atoms with van der Waals surface area (Å²) in [7, 11) is 2.04. The van der Waals surface area contributed by atoms with Gasteiger partial charge in [-0.3, -0.25) is 0 Å². The predicted octanol–water partition coefficient (Wildman–Crippen LogP) is 2.80. The molecule has 20 heavy (non-hydrogen) atoms. The standard InChI is InChI=1S/C17H23N3/c1-20-12-11-19-16(20)13-15(18)17(9-5-6-10-17)14-7-3-2-4-8-14/h2-4,7-8,11-12,15H,5-6,9-10,13,18H2,1H3. The van der Waals surface area contributed by atoms with Crippen LogP contribution in [0.15, 0.2) is 42.7 Å². The molecule has 3 heteroatoms. The van der Waals surface area contributed by atoms with Crippen molar-refractivity contribution in [3.63, 3.8) is 0 Å². The van der Waals surface area contributed by atoms with E-state index in [0.717, 1.165) is 12.2 Å². The predicted molar refractivity (Wildman–Crippen MR) is 81.5 cm³/mol. The first kappa shape index (κ1) is 13.4. The molecule has 0 aliphatic heterocycles. The summed E-state index contributed by atoms with van der Waals surface area (Å²) in [5.41, 5.74) is 8.19. The lowest BCUT2D eigenvalue weighted by Gasteiger charge is -2.36. The molecule has 1 heterocycles. The third-order valence-corrected chi connectivity index (χ3v) is 4.88. The largest absolute Gasteiger partial charge is 0.338 e. The molecular formula is C17H23N3. The molecule has 1 atom stereocenters. The van der Waals surface area contributed by atoms with E-state index in [1.807, 2.05) is 19.4 Å². The van der Waals surface area contributed by atoms with Crippen molar-refractivity contribution in [2.75, 3.05) is 0 Å². The second-order valence-corrected chi connectivity index (χ2v) is 5.99. The molecule has 1 aromatic heterocycles. The quantitative estimate of drug-likeness (QED) is 0.927. The van der Waals surface area contributed by atoms with E-state index in [0.29, 0.717) is 0 Å². The Morgan fingerprint density at radius 2 is 1.95 bits per heavy atom. The van der Waals surface area contributed by atoms with Crippen LogP contribution < -0.4 is 5.73 Å². The van der Waals surface area contributed by atoms with E-state index < -0.39 is 0 Å². The number of rotatable bonds is 4. The molecule has 106 valence electrons. The van der Waals surface area contributed by atoms with Crippen molar-refractivity contribution in [1.82, 2.24) is 9.55 Å². The van der Waals surface area contributed by atoms with Crippen molar-refractivity contribution < 1.29 is 0 Å². The molecule has 2 N–H and O–H groups in total. The Hall–Kier alpha value is -1.61. The van der Waals surface area contributed by atoms with E-state index >= 15 is 0 Å². The molecule has 3 nitrogen and oxygen atoms in total. The maximum atomic E-state index is 6.65. The van der Waals surface area contributed by atoms with Crippen LogP contribution in [0, 0.1) is 0 Å². The molecule has 1 aliphatic rings. The molecule has 1 saturated carbocycles. The SMILES string of the molecule is Cn1ccnc1CC(N)C1(c2ccccc2)CCCC1. The topological polar surface area (TPSA) is 43.8 Å². The van der Waals surface area contributed by atoms with Crippen LogP contribution in [0.25, 0.3) is 0 Å². The molecule has 1 aliphatic carbocycles. The Morgan fingerprint density at radius 1 is 1.25 bits per heavy atom. The van der Waals surface area contributed by atoms with Crippen molar-refractivity contribution in [2.24, 2.45) is 12.8 Å². The van der Waals surface area contributed by atoms with Crippen LogP contribution in [0.2, 0.25) is 0 Å². The number of aryl methyl sites for hydroxylation is 1. The number of aromatic nitrogens is 2. The molecule has 0 saturated heterocycles. The zero-order valence-electron chi connectivity index (χ0n) is 12.1. The monoisotopic (exact) mass is 269 g/mol. The summed E-state index contributed by atoms with van der Waals surface area (Å²) in [5, 5.41) is 0. The van der Waals surface area contributed by atoms with Crippen molar-refractivity contribution in [3.05, 3.63) is 54.1 Å². The van der Waals surface area contributed by atoms with Gasteiger partial charge in [-0.2, -0.15) is 0 Å². The molecule has 0 amide bonds. The zero-order chi connectivity index (χ0) is 14.0. The summed E-state index contributed by atoms with van der Waals surface area (Å²) in [4.78, 5) is 4.43. The number of nitrogens with zero attached hydrogens (tertiary/aromatic N) is 2. The highest BCUT2D eigenvalue weighted by Crippen LogP contribution is 2.43. The van der Waals surface area contributed by atoms with Crippen molar-refractivity contribution in [1.29, 1.82) is 0 Å². The Bertz CT molecular complexity index is 553. The first-order valence-electron chi connectivity index (χ1n) is 7.50. The molecule has 2 aromatic rings. The summed E-state index contributed by atoms with van der Waals surface area (Å²) < 4.78 is 2.08. The highest BCUT2D eigenvalue weighted by Gasteiger charge is 2.41. The molecule has 0 spiro atoms. The second-order valence-electron chi connectivity index (χ2n) is 5.99. The van der Waals surface area contributed by atoms with E-state index in [1.54, 1.807) is 0 Å². The number of imidazole rings is 1. The smallest absolute Gasteiger partial charge is 0.109 e. The minimum atomic E-state index is 0.132. The third kappa shape index (κ3) is 2.27. The second kappa shape index (κ2) is 5.41. The van der Waals surface area contributed by atoms with Crippen LogP contribution in [0.5, 0.6) is 0 Å². The average Bonchev–Trinajstić information content (AvgIpc) is 3.11. The van der Waals surface area contributed by atoms with Gasteiger partial charge in [0, 0.05) is 37.3 Å². The van der Waals surface area contributed by atoms with Gasteiger partial charge in [0.2, 0.25) is 0 Å². The van der Waals surface area contributed by atoms with Crippen LogP contribution in [0.1, 0.15) is 37.1 Å². The lowest BCUT2D eigenvalue weighted by Crippen LogP contribution is -2.45. The fourth-order valence-corrected chi connectivity index (χ4v) is 3.63. The molecular weight excluding hydrogens is 246 g/mol. The molecule has 0 radical (unpaired) electrons. The molecule has 0 bridgehead atoms. The Balaban J connectivity index is 1.89. The fourth-order valence-electron chi connectivity index (χ4n) is 3.63. The van der Waals surface area contributed by atoms with Gasteiger partial charge >= 0.3 is 0 Å². The van der Waals surface area contributed by atoms with Gasteiger partial charge < -0.3 is 10.3 Å². The van der Waals surface area contributed by atoms with Gasteiger partial charge in [-0.15, -0.1) is 0 Å². The summed E-state index contributed by atoms with van der Waals surface area (Å²) in [5.74, 6) is 1.08. The van der Waals surface area contributed by atoms with Crippen molar-refractivity contribution >= 4 is 0 Å². The fraction of sp³-hybridized carbons (Fsp3) is 0.471. The van der Waals surface area contributed by atoms with E-state index in [1.165, 1.54) is 31.2 Å². The van der Waals surface area contributed by atoms with Gasteiger partial charge in [0.05, 0.1) is 0 Å². The van der Waals surface area contributed by atoms with Crippen LogP contribution in [0.4, 0.5) is 0 Å². The van der Waals surface area contributed by atoms with Gasteiger partial charge in [0.1, 0.15) is 5.82 Å². The summed E-state index contributed by atoms with van der Waals surface area (Å²) >= 11 is 0. The van der Waals surface area contributed by atoms with Crippen molar-refractivity contribution in [3.8, 4) is 0 Å². The van der Waals surface area contributed by atoms with E-state index in [4.69, 9.17) is 5.73 Å². The minimum Gasteiger partial charge on any atom is -0.338 e. The molecule has 3 rings (SSSR count). The van der Waals surface area contributed by atoms with Gasteiger partial charge in [-0.1, -0.05) is 43.2 Å². The molecule has 1 unspecified atom stereocenters. The summed E-state index contributed by atoms with van der Waals surface area (Å²) in [6.45, 7) is 0. The lowest BCUT2D eigenvalue weighted by atomic mass is 9.72. The number of benzene rings is 1. The highest BCUT2D eigenvalue weighted by atomic mass is 15.0. The maximum Gasteiger partial charge on any atom is 0.109 e. The van der Waals surface area contributed by atoms with Gasteiger partial charge in [-0.05, 0) is 18.4 Å². The Morgan fingerprint density at radius 3 is 2.55 bits per heavy atom. The van der Waals surface area contributed by atoms with E-state index in [9.17, 15) is 0 Å². The number of nitrogens with two attached hydrogens (primary N) is 1. The van der Waals surface area contributed by atoms with Crippen LogP contribution >= 0.6 is 0 Å². The Labute approximate surface area is 120 Å². The minimum absolute atomic E-state index is 0.132. The lowest BCUT2D eigenvalue weighted by molar-refractivity contribution is 0.341. The van der Waals surface area contributed by atoms with Gasteiger partial charge in [-0.25, -0.2) is 4.98 Å². The Kier molecular flexibility index (Phi) is 3.62. The number of hydrogen-bond acceptors (Lipinski definition) is 2. The first-order chi connectivity index (χ1) is 9.72.